The first-order valence-corrected chi connectivity index (χ1v) is 8.61. The van der Waals surface area contributed by atoms with Gasteiger partial charge < -0.3 is 0 Å². The van der Waals surface area contributed by atoms with Crippen LogP contribution >= 0.6 is 12.2 Å². The number of thiocarbonyl (C=S) groups is 1. The van der Waals surface area contributed by atoms with E-state index in [1.165, 1.54) is 36.5 Å². The minimum atomic E-state index is -0.435. The zero-order valence-electron chi connectivity index (χ0n) is 13.6. The summed E-state index contributed by atoms with van der Waals surface area (Å²) in [4.78, 5) is 3.67. The first-order valence-electron chi connectivity index (χ1n) is 8.21. The maximum Gasteiger partial charge on any atom is 0.150 e. The van der Waals surface area contributed by atoms with Gasteiger partial charge in [0.05, 0.1) is 5.16 Å². The summed E-state index contributed by atoms with van der Waals surface area (Å²) in [5.41, 5.74) is 4.66. The average Bonchev–Trinajstić information content (AvgIpc) is 2.97. The van der Waals surface area contributed by atoms with Crippen molar-refractivity contribution >= 4 is 23.1 Å². The standard InChI is InChI=1S/C21H18FNS/c1-2-3-17-11-18-8-6-15(10-19(18)12-17)4-5-16-7-9-21(23-14-24)20(22)13-16/h6-10,13,17H,2-3,11-12H2,1H3. The van der Waals surface area contributed by atoms with Gasteiger partial charge in [-0.25, -0.2) is 4.39 Å². The SMILES string of the molecule is CCCC1Cc2ccc(C#Cc3ccc(N=C=S)c(F)c3)cc2C1. The Kier molecular flexibility index (Phi) is 5.20. The molecular weight excluding hydrogens is 317 g/mol. The third kappa shape index (κ3) is 3.79. The van der Waals surface area contributed by atoms with E-state index in [0.717, 1.165) is 17.9 Å². The fraction of sp³-hybridized carbons (Fsp3) is 0.286. The number of rotatable bonds is 3. The Morgan fingerprint density at radius 3 is 2.50 bits per heavy atom. The van der Waals surface area contributed by atoms with E-state index in [2.05, 4.69) is 59.3 Å². The smallest absolute Gasteiger partial charge is 0.150 e. The summed E-state index contributed by atoms with van der Waals surface area (Å²) in [6.45, 7) is 2.24. The molecule has 2 aromatic rings. The minimum absolute atomic E-state index is 0.190. The molecule has 120 valence electrons. The topological polar surface area (TPSA) is 12.4 Å². The Hall–Kier alpha value is -2.27. The zero-order valence-corrected chi connectivity index (χ0v) is 14.4. The highest BCUT2D eigenvalue weighted by Gasteiger charge is 2.20. The normalized spacial score (nSPS) is 15.2. The maximum absolute atomic E-state index is 13.8. The molecule has 2 aromatic carbocycles. The van der Waals surface area contributed by atoms with Crippen molar-refractivity contribution in [3.8, 4) is 11.8 Å². The van der Waals surface area contributed by atoms with E-state index in [4.69, 9.17) is 0 Å². The largest absolute Gasteiger partial charge is 0.205 e. The van der Waals surface area contributed by atoms with Crippen LogP contribution in [0.3, 0.4) is 0 Å². The fourth-order valence-electron chi connectivity index (χ4n) is 3.27. The van der Waals surface area contributed by atoms with Gasteiger partial charge in [0, 0.05) is 11.1 Å². The second-order valence-electron chi connectivity index (χ2n) is 6.17. The predicted molar refractivity (Wildman–Crippen MR) is 99.3 cm³/mol. The van der Waals surface area contributed by atoms with Gasteiger partial charge in [-0.15, -0.1) is 0 Å². The summed E-state index contributed by atoms with van der Waals surface area (Å²) >= 11 is 4.49. The summed E-state index contributed by atoms with van der Waals surface area (Å²) in [5, 5.41) is 2.17. The number of fused-ring (bicyclic) bond motifs is 1. The molecule has 0 radical (unpaired) electrons. The summed E-state index contributed by atoms with van der Waals surface area (Å²) in [7, 11) is 0. The van der Waals surface area contributed by atoms with Crippen LogP contribution in [0.4, 0.5) is 10.1 Å². The highest BCUT2D eigenvalue weighted by atomic mass is 32.1. The Labute approximate surface area is 147 Å². The average molecular weight is 335 g/mol. The highest BCUT2D eigenvalue weighted by Crippen LogP contribution is 2.30. The van der Waals surface area contributed by atoms with Crippen molar-refractivity contribution in [1.29, 1.82) is 0 Å². The van der Waals surface area contributed by atoms with Crippen molar-refractivity contribution in [3.63, 3.8) is 0 Å². The van der Waals surface area contributed by atoms with Crippen LogP contribution < -0.4 is 0 Å². The van der Waals surface area contributed by atoms with Gasteiger partial charge in [-0.1, -0.05) is 37.7 Å². The van der Waals surface area contributed by atoms with Crippen LogP contribution in [0.2, 0.25) is 0 Å². The van der Waals surface area contributed by atoms with Gasteiger partial charge in [0.25, 0.3) is 0 Å². The van der Waals surface area contributed by atoms with Crippen molar-refractivity contribution in [2.45, 2.75) is 32.6 Å². The van der Waals surface area contributed by atoms with Crippen molar-refractivity contribution < 1.29 is 4.39 Å². The Morgan fingerprint density at radius 1 is 1.08 bits per heavy atom. The number of halogens is 1. The molecular formula is C21H18FNS. The van der Waals surface area contributed by atoms with E-state index >= 15 is 0 Å². The Morgan fingerprint density at radius 2 is 1.79 bits per heavy atom. The highest BCUT2D eigenvalue weighted by molar-refractivity contribution is 7.78. The minimum Gasteiger partial charge on any atom is -0.205 e. The molecule has 0 aromatic heterocycles. The molecule has 0 spiro atoms. The number of hydrogen-bond acceptors (Lipinski definition) is 2. The molecule has 1 aliphatic carbocycles. The number of aliphatic imine (C=N–C) groups is 1. The van der Waals surface area contributed by atoms with Crippen LogP contribution in [-0.2, 0) is 12.8 Å². The van der Waals surface area contributed by atoms with Gasteiger partial charge >= 0.3 is 0 Å². The molecule has 0 heterocycles. The summed E-state index contributed by atoms with van der Waals surface area (Å²) in [6.07, 6.45) is 4.85. The van der Waals surface area contributed by atoms with Gasteiger partial charge in [-0.3, -0.25) is 0 Å². The van der Waals surface area contributed by atoms with Gasteiger partial charge in [0.1, 0.15) is 5.69 Å². The lowest BCUT2D eigenvalue weighted by Crippen LogP contribution is -1.97. The third-order valence-electron chi connectivity index (χ3n) is 4.39. The quantitative estimate of drug-likeness (QED) is 0.411. The molecule has 1 atom stereocenters. The zero-order chi connectivity index (χ0) is 16.9. The molecule has 0 N–H and O–H groups in total. The first-order chi connectivity index (χ1) is 11.7. The molecule has 0 fully saturated rings. The lowest BCUT2D eigenvalue weighted by Gasteiger charge is -2.04. The number of benzene rings is 2. The van der Waals surface area contributed by atoms with Gasteiger partial charge in [0.15, 0.2) is 5.82 Å². The van der Waals surface area contributed by atoms with Crippen molar-refractivity contribution in [2.75, 3.05) is 0 Å². The summed E-state index contributed by atoms with van der Waals surface area (Å²) in [5.74, 6) is 6.49. The number of isothiocyanates is 1. The molecule has 1 unspecified atom stereocenters. The molecule has 0 saturated carbocycles. The Balaban J connectivity index is 1.79. The summed E-state index contributed by atoms with van der Waals surface area (Å²) in [6, 6.07) is 11.1. The number of hydrogen-bond donors (Lipinski definition) is 0. The van der Waals surface area contributed by atoms with Crippen molar-refractivity contribution in [3.05, 3.63) is 64.5 Å². The first kappa shape index (κ1) is 16.6. The van der Waals surface area contributed by atoms with Crippen LogP contribution in [0.15, 0.2) is 41.4 Å². The molecule has 3 rings (SSSR count). The van der Waals surface area contributed by atoms with E-state index in [1.54, 1.807) is 12.1 Å². The van der Waals surface area contributed by atoms with E-state index in [9.17, 15) is 4.39 Å². The number of nitrogens with zero attached hydrogens (tertiary/aromatic N) is 1. The van der Waals surface area contributed by atoms with Crippen LogP contribution in [0, 0.1) is 23.6 Å². The molecule has 0 amide bonds. The van der Waals surface area contributed by atoms with Crippen LogP contribution in [0.5, 0.6) is 0 Å². The fourth-order valence-corrected chi connectivity index (χ4v) is 3.37. The van der Waals surface area contributed by atoms with Gasteiger partial charge in [-0.2, -0.15) is 4.99 Å². The van der Waals surface area contributed by atoms with E-state index in [-0.39, 0.29) is 5.69 Å². The second kappa shape index (κ2) is 7.53. The van der Waals surface area contributed by atoms with E-state index in [0.29, 0.717) is 5.56 Å². The van der Waals surface area contributed by atoms with Crippen LogP contribution in [0.25, 0.3) is 0 Å². The van der Waals surface area contributed by atoms with Crippen LogP contribution in [-0.4, -0.2) is 5.16 Å². The lowest BCUT2D eigenvalue weighted by atomic mass is 10.0. The monoisotopic (exact) mass is 335 g/mol. The molecule has 0 bridgehead atoms. The van der Waals surface area contributed by atoms with Gasteiger partial charge in [0.2, 0.25) is 0 Å². The molecule has 3 heteroatoms. The second-order valence-corrected chi connectivity index (χ2v) is 6.35. The van der Waals surface area contributed by atoms with E-state index in [1.807, 2.05) is 0 Å². The van der Waals surface area contributed by atoms with Crippen molar-refractivity contribution in [2.24, 2.45) is 10.9 Å². The Bertz CT molecular complexity index is 869. The maximum atomic E-state index is 13.8. The summed E-state index contributed by atoms with van der Waals surface area (Å²) < 4.78 is 13.8. The van der Waals surface area contributed by atoms with Crippen LogP contribution in [0.1, 0.15) is 42.0 Å². The molecule has 0 saturated heterocycles. The van der Waals surface area contributed by atoms with Gasteiger partial charge in [-0.05, 0) is 72.4 Å². The molecule has 0 aliphatic heterocycles. The molecule has 24 heavy (non-hydrogen) atoms. The molecule has 1 aliphatic rings. The lowest BCUT2D eigenvalue weighted by molar-refractivity contribution is 0.507. The van der Waals surface area contributed by atoms with Crippen molar-refractivity contribution in [1.82, 2.24) is 0 Å². The third-order valence-corrected chi connectivity index (χ3v) is 4.48. The predicted octanol–water partition coefficient (Wildman–Crippen LogP) is 5.47. The molecule has 1 nitrogen and oxygen atoms in total. The van der Waals surface area contributed by atoms with E-state index < -0.39 is 5.82 Å².